The molecule has 1 heterocycles. The monoisotopic (exact) mass is 236 g/mol. The molecule has 2 rings (SSSR count). The molecule has 0 spiro atoms. The van der Waals surface area contributed by atoms with Gasteiger partial charge in [-0.05, 0) is 29.4 Å². The third-order valence-corrected chi connectivity index (χ3v) is 2.62. The molecule has 0 bridgehead atoms. The Kier molecular flexibility index (Phi) is 3.05. The number of rotatable bonds is 3. The van der Waals surface area contributed by atoms with Gasteiger partial charge in [-0.25, -0.2) is 0 Å². The molecule has 0 aliphatic carbocycles. The summed E-state index contributed by atoms with van der Waals surface area (Å²) in [5.74, 6) is 0.0396. The summed E-state index contributed by atoms with van der Waals surface area (Å²) in [5.41, 5.74) is 8.29. The van der Waals surface area contributed by atoms with Gasteiger partial charge in [0.15, 0.2) is 0 Å². The van der Waals surface area contributed by atoms with Crippen LogP contribution in [0.4, 0.5) is 5.69 Å². The van der Waals surface area contributed by atoms with E-state index in [2.05, 4.69) is 17.5 Å². The van der Waals surface area contributed by atoms with Gasteiger partial charge in [-0.1, -0.05) is 12.1 Å². The van der Waals surface area contributed by atoms with E-state index in [1.165, 1.54) is 0 Å². The van der Waals surface area contributed by atoms with Gasteiger partial charge in [0.25, 0.3) is 5.17 Å². The van der Waals surface area contributed by atoms with Gasteiger partial charge >= 0.3 is 0 Å². The summed E-state index contributed by atoms with van der Waals surface area (Å²) < 4.78 is 5.04. The molecule has 1 aliphatic rings. The van der Waals surface area contributed by atoms with Crippen molar-refractivity contribution in [1.82, 2.24) is 0 Å². The minimum Gasteiger partial charge on any atom is -0.471 e. The van der Waals surface area contributed by atoms with Gasteiger partial charge in [0, 0.05) is 12.1 Å². The highest BCUT2D eigenvalue weighted by molar-refractivity contribution is 7.80. The highest BCUT2D eigenvalue weighted by atomic mass is 32.1. The number of nitrogens with one attached hydrogen (secondary N) is 1. The highest BCUT2D eigenvalue weighted by Gasteiger charge is 2.19. The first kappa shape index (κ1) is 10.9. The molecule has 1 aromatic carbocycles. The van der Waals surface area contributed by atoms with E-state index in [9.17, 15) is 4.79 Å². The van der Waals surface area contributed by atoms with Crippen molar-refractivity contribution < 1.29 is 9.53 Å². The Balaban J connectivity index is 2.08. The van der Waals surface area contributed by atoms with Crippen molar-refractivity contribution in [3.63, 3.8) is 0 Å². The normalized spacial score (nSPS) is 13.1. The molecule has 0 saturated carbocycles. The van der Waals surface area contributed by atoms with Crippen LogP contribution in [0.5, 0.6) is 0 Å². The van der Waals surface area contributed by atoms with E-state index in [1.807, 2.05) is 18.2 Å². The lowest BCUT2D eigenvalue weighted by Crippen LogP contribution is -2.14. The Morgan fingerprint density at radius 3 is 3.12 bits per heavy atom. The van der Waals surface area contributed by atoms with Gasteiger partial charge in [0.1, 0.15) is 0 Å². The number of hydrogen-bond donors (Lipinski definition) is 2. The van der Waals surface area contributed by atoms with Crippen molar-refractivity contribution in [2.24, 2.45) is 5.73 Å². The second-order valence-corrected chi connectivity index (χ2v) is 3.99. The molecule has 0 atom stereocenters. The molecule has 5 heteroatoms. The predicted molar refractivity (Wildman–Crippen MR) is 65.2 cm³/mol. The smallest absolute Gasteiger partial charge is 0.253 e. The van der Waals surface area contributed by atoms with Crippen LogP contribution in [0.25, 0.3) is 0 Å². The van der Waals surface area contributed by atoms with Gasteiger partial charge in [-0.2, -0.15) is 0 Å². The molecule has 4 nitrogen and oxygen atoms in total. The molecule has 0 aromatic heterocycles. The van der Waals surface area contributed by atoms with Crippen LogP contribution < -0.4 is 11.1 Å². The minimum atomic E-state index is 0.0396. The van der Waals surface area contributed by atoms with Crippen molar-refractivity contribution in [3.05, 3.63) is 29.3 Å². The van der Waals surface area contributed by atoms with E-state index in [4.69, 9.17) is 10.5 Å². The van der Waals surface area contributed by atoms with Crippen LogP contribution in [0, 0.1) is 0 Å². The van der Waals surface area contributed by atoms with Crippen molar-refractivity contribution >= 4 is 29.0 Å². The average molecular weight is 236 g/mol. The Hall–Kier alpha value is -1.62. The molecule has 1 aromatic rings. The van der Waals surface area contributed by atoms with E-state index < -0.39 is 0 Å². The van der Waals surface area contributed by atoms with E-state index in [0.29, 0.717) is 19.4 Å². The summed E-state index contributed by atoms with van der Waals surface area (Å²) in [4.78, 5) is 11.3. The van der Waals surface area contributed by atoms with Crippen LogP contribution in [-0.2, 0) is 22.4 Å². The largest absolute Gasteiger partial charge is 0.471 e. The first-order valence-electron chi connectivity index (χ1n) is 4.99. The Morgan fingerprint density at radius 1 is 1.56 bits per heavy atom. The number of ether oxygens (including phenoxy) is 1. The molecular formula is C11H12N2O2S. The molecular weight excluding hydrogens is 224 g/mol. The molecule has 1 aliphatic heterocycles. The molecule has 0 saturated heterocycles. The summed E-state index contributed by atoms with van der Waals surface area (Å²) in [6.07, 6.45) is 1.15. The second-order valence-electron chi connectivity index (χ2n) is 3.59. The molecule has 84 valence electrons. The maximum Gasteiger partial charge on any atom is 0.253 e. The lowest BCUT2D eigenvalue weighted by Gasteiger charge is -2.07. The molecule has 0 radical (unpaired) electrons. The van der Waals surface area contributed by atoms with E-state index >= 15 is 0 Å². The number of anilines is 1. The number of carbonyl (C=O) groups excluding carboxylic acids is 1. The molecule has 16 heavy (non-hydrogen) atoms. The van der Waals surface area contributed by atoms with Crippen molar-refractivity contribution in [3.8, 4) is 0 Å². The van der Waals surface area contributed by atoms with Gasteiger partial charge in [-0.3, -0.25) is 4.79 Å². The number of amides is 1. The lowest BCUT2D eigenvalue weighted by atomic mass is 10.0. The van der Waals surface area contributed by atoms with Crippen molar-refractivity contribution in [2.45, 2.75) is 12.8 Å². The van der Waals surface area contributed by atoms with E-state index in [1.54, 1.807) is 0 Å². The summed E-state index contributed by atoms with van der Waals surface area (Å²) in [5, 5.41) is 2.86. The van der Waals surface area contributed by atoms with Gasteiger partial charge in [0.05, 0.1) is 13.0 Å². The maximum atomic E-state index is 11.3. The Labute approximate surface area is 98.8 Å². The Morgan fingerprint density at radius 2 is 2.38 bits per heavy atom. The van der Waals surface area contributed by atoms with Crippen LogP contribution in [0.1, 0.15) is 11.1 Å². The fraction of sp³-hybridized carbons (Fsp3) is 0.273. The van der Waals surface area contributed by atoms with Crippen molar-refractivity contribution in [2.75, 3.05) is 11.9 Å². The highest BCUT2D eigenvalue weighted by Crippen LogP contribution is 2.26. The number of fused-ring (bicyclic) bond motifs is 1. The first-order valence-corrected chi connectivity index (χ1v) is 5.40. The second kappa shape index (κ2) is 4.49. The van der Waals surface area contributed by atoms with Crippen LogP contribution in [-0.4, -0.2) is 17.7 Å². The number of nitrogens with two attached hydrogens (primary N) is 1. The molecule has 3 N–H and O–H groups in total. The molecule has 0 fully saturated rings. The summed E-state index contributed by atoms with van der Waals surface area (Å²) in [6, 6.07) is 5.81. The number of benzene rings is 1. The molecule has 0 unspecified atom stereocenters. The zero-order valence-electron chi connectivity index (χ0n) is 8.66. The number of thiocarbonyl (C=S) groups is 1. The predicted octanol–water partition coefficient (Wildman–Crippen LogP) is 0.984. The third kappa shape index (κ3) is 2.30. The zero-order valence-corrected chi connectivity index (χ0v) is 9.47. The van der Waals surface area contributed by atoms with Crippen molar-refractivity contribution in [1.29, 1.82) is 0 Å². The number of carbonyl (C=O) groups is 1. The summed E-state index contributed by atoms with van der Waals surface area (Å²) in [7, 11) is 0. The quantitative estimate of drug-likeness (QED) is 0.768. The lowest BCUT2D eigenvalue weighted by molar-refractivity contribution is -0.115. The van der Waals surface area contributed by atoms with E-state index in [-0.39, 0.29) is 11.1 Å². The summed E-state index contributed by atoms with van der Waals surface area (Å²) >= 11 is 4.62. The standard InChI is InChI=1S/C11H12N2O2S/c12-11(16)15-5-4-7-2-1-3-9-8(7)6-10(14)13-9/h1-3H,4-6H2,(H2,12,16)(H,13,14). The fourth-order valence-electron chi connectivity index (χ4n) is 1.81. The van der Waals surface area contributed by atoms with Crippen LogP contribution in [0.15, 0.2) is 18.2 Å². The van der Waals surface area contributed by atoms with E-state index in [0.717, 1.165) is 16.8 Å². The fourth-order valence-corrected chi connectivity index (χ4v) is 1.89. The van der Waals surface area contributed by atoms with Gasteiger partial charge in [0.2, 0.25) is 5.91 Å². The van der Waals surface area contributed by atoms with Crippen LogP contribution in [0.3, 0.4) is 0 Å². The topological polar surface area (TPSA) is 64.3 Å². The minimum absolute atomic E-state index is 0.0396. The molecule has 1 amide bonds. The first-order chi connectivity index (χ1) is 7.66. The third-order valence-electron chi connectivity index (χ3n) is 2.50. The van der Waals surface area contributed by atoms with Gasteiger partial charge < -0.3 is 15.8 Å². The Bertz CT molecular complexity index is 446. The summed E-state index contributed by atoms with van der Waals surface area (Å²) in [6.45, 7) is 0.444. The SMILES string of the molecule is NC(=S)OCCc1cccc2c1CC(=O)N2. The zero-order chi connectivity index (χ0) is 11.5. The van der Waals surface area contributed by atoms with Gasteiger partial charge in [-0.15, -0.1) is 0 Å². The van der Waals surface area contributed by atoms with Crippen LogP contribution >= 0.6 is 12.2 Å². The average Bonchev–Trinajstić information content (AvgIpc) is 2.58. The van der Waals surface area contributed by atoms with Crippen LogP contribution in [0.2, 0.25) is 0 Å². The maximum absolute atomic E-state index is 11.3. The number of hydrogen-bond acceptors (Lipinski definition) is 3.